The molecule has 122 valence electrons. The third kappa shape index (κ3) is 2.35. The Morgan fingerprint density at radius 1 is 1.17 bits per heavy atom. The van der Waals surface area contributed by atoms with Gasteiger partial charge in [0.2, 0.25) is 5.88 Å². The van der Waals surface area contributed by atoms with Crippen LogP contribution < -0.4 is 26.4 Å². The van der Waals surface area contributed by atoms with E-state index in [1.807, 2.05) is 6.07 Å². The number of aromatic nitrogens is 2. The molecule has 1 aromatic heterocycles. The van der Waals surface area contributed by atoms with Crippen LogP contribution in [0.2, 0.25) is 0 Å². The molecule has 2 aliphatic rings. The van der Waals surface area contributed by atoms with Crippen molar-refractivity contribution in [1.29, 1.82) is 0 Å². The van der Waals surface area contributed by atoms with E-state index in [1.165, 1.54) is 0 Å². The van der Waals surface area contributed by atoms with Crippen LogP contribution in [0.4, 0.5) is 16.3 Å². The smallest absolute Gasteiger partial charge is 0.319 e. The second kappa shape index (κ2) is 5.37. The molecular weight excluding hydrogens is 312 g/mol. The standard InChI is InChI=1S/C15H14N6O3/c16-11-10-13(22)17-3-4-24-14(10)21-12(20-11)7-1-2-9-8(5-7)6-18-15(23)19-9/h1-2,5H,3-4,6H2,(H,17,22)(H2,16,20,21)(H2,18,19,23). The first-order valence-corrected chi connectivity index (χ1v) is 7.38. The number of hydrogen-bond donors (Lipinski definition) is 4. The van der Waals surface area contributed by atoms with Crippen LogP contribution in [0.5, 0.6) is 5.88 Å². The predicted octanol–water partition coefficient (Wildman–Crippen LogP) is 0.483. The summed E-state index contributed by atoms with van der Waals surface area (Å²) in [5, 5.41) is 8.09. The van der Waals surface area contributed by atoms with Crippen molar-refractivity contribution in [3.63, 3.8) is 0 Å². The summed E-state index contributed by atoms with van der Waals surface area (Å²) in [6, 6.07) is 5.18. The molecule has 9 heteroatoms. The Bertz CT molecular complexity index is 867. The molecule has 2 aliphatic heterocycles. The van der Waals surface area contributed by atoms with E-state index in [4.69, 9.17) is 10.5 Å². The van der Waals surface area contributed by atoms with Gasteiger partial charge in [-0.3, -0.25) is 4.79 Å². The monoisotopic (exact) mass is 326 g/mol. The van der Waals surface area contributed by atoms with Crippen LogP contribution in [0.25, 0.3) is 11.4 Å². The lowest BCUT2D eigenvalue weighted by Gasteiger charge is -2.19. The van der Waals surface area contributed by atoms with Crippen LogP contribution >= 0.6 is 0 Å². The summed E-state index contributed by atoms with van der Waals surface area (Å²) in [7, 11) is 0. The number of nitrogens with two attached hydrogens (primary N) is 1. The average Bonchev–Trinajstić information content (AvgIpc) is 2.76. The number of ether oxygens (including phenoxy) is 1. The minimum Gasteiger partial charge on any atom is -0.475 e. The predicted molar refractivity (Wildman–Crippen MR) is 85.6 cm³/mol. The Hall–Kier alpha value is -3.36. The summed E-state index contributed by atoms with van der Waals surface area (Å²) >= 11 is 0. The molecule has 3 heterocycles. The SMILES string of the molecule is Nc1nc(-c2ccc3c(c2)CNC(=O)N3)nc2c1C(=O)NCCO2. The van der Waals surface area contributed by atoms with Gasteiger partial charge in [-0.2, -0.15) is 4.98 Å². The molecule has 2 aromatic rings. The molecule has 0 radical (unpaired) electrons. The molecule has 0 atom stereocenters. The highest BCUT2D eigenvalue weighted by Crippen LogP contribution is 2.29. The van der Waals surface area contributed by atoms with Gasteiger partial charge in [-0.25, -0.2) is 9.78 Å². The number of fused-ring (bicyclic) bond motifs is 2. The molecule has 0 spiro atoms. The zero-order chi connectivity index (χ0) is 16.7. The van der Waals surface area contributed by atoms with Crippen molar-refractivity contribution < 1.29 is 14.3 Å². The highest BCUT2D eigenvalue weighted by atomic mass is 16.5. The number of urea groups is 1. The lowest BCUT2D eigenvalue weighted by atomic mass is 10.1. The zero-order valence-electron chi connectivity index (χ0n) is 12.5. The van der Waals surface area contributed by atoms with E-state index in [-0.39, 0.29) is 29.2 Å². The minimum absolute atomic E-state index is 0.0681. The topological polar surface area (TPSA) is 131 Å². The van der Waals surface area contributed by atoms with Crippen LogP contribution in [-0.2, 0) is 6.54 Å². The number of rotatable bonds is 1. The molecule has 0 fully saturated rings. The van der Waals surface area contributed by atoms with Crippen molar-refractivity contribution in [3.8, 4) is 17.3 Å². The number of nitrogen functional groups attached to an aromatic ring is 1. The summed E-state index contributed by atoms with van der Waals surface area (Å²) in [5.41, 5.74) is 8.45. The summed E-state index contributed by atoms with van der Waals surface area (Å²) in [6.07, 6.45) is 0. The fourth-order valence-corrected chi connectivity index (χ4v) is 2.65. The Morgan fingerprint density at radius 3 is 2.92 bits per heavy atom. The van der Waals surface area contributed by atoms with Crippen molar-refractivity contribution in [2.45, 2.75) is 6.54 Å². The first kappa shape index (κ1) is 14.2. The number of carbonyl (C=O) groups is 2. The quantitative estimate of drug-likeness (QED) is 0.603. The highest BCUT2D eigenvalue weighted by Gasteiger charge is 2.24. The molecule has 5 N–H and O–H groups in total. The summed E-state index contributed by atoms with van der Waals surface area (Å²) < 4.78 is 5.50. The number of benzene rings is 1. The number of amides is 3. The summed E-state index contributed by atoms with van der Waals surface area (Å²) in [4.78, 5) is 31.9. The normalized spacial score (nSPS) is 15.8. The molecule has 3 amide bonds. The molecule has 0 bridgehead atoms. The maximum atomic E-state index is 12.0. The molecular formula is C15H14N6O3. The second-order valence-corrected chi connectivity index (χ2v) is 5.40. The molecule has 4 rings (SSSR count). The van der Waals surface area contributed by atoms with Gasteiger partial charge in [-0.1, -0.05) is 0 Å². The zero-order valence-corrected chi connectivity index (χ0v) is 12.5. The average molecular weight is 326 g/mol. The van der Waals surface area contributed by atoms with Crippen molar-refractivity contribution in [1.82, 2.24) is 20.6 Å². The van der Waals surface area contributed by atoms with E-state index in [0.29, 0.717) is 25.5 Å². The van der Waals surface area contributed by atoms with Gasteiger partial charge in [0.25, 0.3) is 5.91 Å². The fraction of sp³-hybridized carbons (Fsp3) is 0.200. The third-order valence-electron chi connectivity index (χ3n) is 3.81. The van der Waals surface area contributed by atoms with Gasteiger partial charge in [0.1, 0.15) is 18.0 Å². The largest absolute Gasteiger partial charge is 0.475 e. The Morgan fingerprint density at radius 2 is 2.04 bits per heavy atom. The van der Waals surface area contributed by atoms with Gasteiger partial charge in [0.05, 0.1) is 6.54 Å². The van der Waals surface area contributed by atoms with Gasteiger partial charge in [-0.05, 0) is 23.8 Å². The maximum absolute atomic E-state index is 12.0. The minimum atomic E-state index is -0.344. The molecule has 0 aliphatic carbocycles. The number of carbonyl (C=O) groups excluding carboxylic acids is 2. The van der Waals surface area contributed by atoms with E-state index in [0.717, 1.165) is 16.8 Å². The molecule has 0 saturated carbocycles. The molecule has 0 unspecified atom stereocenters. The van der Waals surface area contributed by atoms with Gasteiger partial charge in [-0.15, -0.1) is 0 Å². The number of hydrogen-bond acceptors (Lipinski definition) is 6. The van der Waals surface area contributed by atoms with E-state index >= 15 is 0 Å². The van der Waals surface area contributed by atoms with E-state index in [1.54, 1.807) is 12.1 Å². The number of nitrogens with zero attached hydrogens (tertiary/aromatic N) is 2. The summed E-state index contributed by atoms with van der Waals surface area (Å²) in [6.45, 7) is 1.11. The van der Waals surface area contributed by atoms with Gasteiger partial charge in [0.15, 0.2) is 5.82 Å². The van der Waals surface area contributed by atoms with Gasteiger partial charge >= 0.3 is 6.03 Å². The van der Waals surface area contributed by atoms with Crippen LogP contribution in [0, 0.1) is 0 Å². The van der Waals surface area contributed by atoms with Crippen LogP contribution in [0.15, 0.2) is 18.2 Å². The molecule has 9 nitrogen and oxygen atoms in total. The Balaban J connectivity index is 1.78. The van der Waals surface area contributed by atoms with E-state index in [9.17, 15) is 9.59 Å². The van der Waals surface area contributed by atoms with Crippen molar-refractivity contribution in [3.05, 3.63) is 29.3 Å². The maximum Gasteiger partial charge on any atom is 0.319 e. The third-order valence-corrected chi connectivity index (χ3v) is 3.81. The fourth-order valence-electron chi connectivity index (χ4n) is 2.65. The van der Waals surface area contributed by atoms with Crippen LogP contribution in [0.3, 0.4) is 0 Å². The van der Waals surface area contributed by atoms with Crippen LogP contribution in [0.1, 0.15) is 15.9 Å². The van der Waals surface area contributed by atoms with Gasteiger partial charge in [0, 0.05) is 17.8 Å². The van der Waals surface area contributed by atoms with Gasteiger partial charge < -0.3 is 26.4 Å². The van der Waals surface area contributed by atoms with E-state index in [2.05, 4.69) is 25.9 Å². The Kier molecular flexibility index (Phi) is 3.19. The highest BCUT2D eigenvalue weighted by molar-refractivity contribution is 6.01. The van der Waals surface area contributed by atoms with Crippen molar-refractivity contribution in [2.24, 2.45) is 0 Å². The molecule has 1 aromatic carbocycles. The van der Waals surface area contributed by atoms with E-state index < -0.39 is 0 Å². The molecule has 0 saturated heterocycles. The van der Waals surface area contributed by atoms with Crippen LogP contribution in [-0.4, -0.2) is 35.1 Å². The van der Waals surface area contributed by atoms with Crippen molar-refractivity contribution >= 4 is 23.4 Å². The van der Waals surface area contributed by atoms with Crippen molar-refractivity contribution in [2.75, 3.05) is 24.2 Å². The number of nitrogens with one attached hydrogen (secondary N) is 3. The first-order chi connectivity index (χ1) is 11.6. The lowest BCUT2D eigenvalue weighted by molar-refractivity contribution is 0.0957. The molecule has 24 heavy (non-hydrogen) atoms. The lowest BCUT2D eigenvalue weighted by Crippen LogP contribution is -2.33. The number of anilines is 2. The summed E-state index contributed by atoms with van der Waals surface area (Å²) in [5.74, 6) is 0.264. The Labute approximate surface area is 136 Å². The first-order valence-electron chi connectivity index (χ1n) is 7.38. The second-order valence-electron chi connectivity index (χ2n) is 5.40.